The van der Waals surface area contributed by atoms with Gasteiger partial charge >= 0.3 is 0 Å². The lowest BCUT2D eigenvalue weighted by molar-refractivity contribution is 0.102. The number of fused-ring (bicyclic) bond motifs is 1. The molecule has 1 fully saturated rings. The average molecular weight is 376 g/mol. The highest BCUT2D eigenvalue weighted by molar-refractivity contribution is 6.05. The lowest BCUT2D eigenvalue weighted by Gasteiger charge is -2.35. The zero-order chi connectivity index (χ0) is 19.5. The van der Waals surface area contributed by atoms with Gasteiger partial charge in [0.1, 0.15) is 0 Å². The van der Waals surface area contributed by atoms with Gasteiger partial charge in [-0.25, -0.2) is 0 Å². The molecule has 2 heterocycles. The summed E-state index contributed by atoms with van der Waals surface area (Å²) in [4.78, 5) is 18.5. The summed E-state index contributed by atoms with van der Waals surface area (Å²) in [5.41, 5.74) is 4.04. The van der Waals surface area contributed by atoms with E-state index in [0.717, 1.165) is 24.3 Å². The molecule has 146 valence electrons. The largest absolute Gasteiger partial charge is 0.361 e. The second-order valence-electron chi connectivity index (χ2n) is 7.89. The van der Waals surface area contributed by atoms with E-state index in [1.54, 1.807) is 0 Å². The highest BCUT2D eigenvalue weighted by Gasteiger charge is 2.24. The Labute approximate surface area is 166 Å². The fourth-order valence-corrected chi connectivity index (χ4v) is 4.26. The van der Waals surface area contributed by atoms with Crippen LogP contribution in [-0.4, -0.2) is 34.9 Å². The van der Waals surface area contributed by atoms with Crippen LogP contribution < -0.4 is 5.32 Å². The molecular weight excluding hydrogens is 346 g/mol. The van der Waals surface area contributed by atoms with E-state index in [9.17, 15) is 4.79 Å². The summed E-state index contributed by atoms with van der Waals surface area (Å²) in [6.45, 7) is 6.92. The van der Waals surface area contributed by atoms with Crippen molar-refractivity contribution in [1.29, 1.82) is 0 Å². The Bertz CT molecular complexity index is 939. The number of carbonyl (C=O) groups excluding carboxylic acids is 1. The van der Waals surface area contributed by atoms with E-state index in [-0.39, 0.29) is 5.91 Å². The molecule has 1 amide bonds. The van der Waals surface area contributed by atoms with Gasteiger partial charge in [0, 0.05) is 34.4 Å². The Kier molecular flexibility index (Phi) is 5.49. The van der Waals surface area contributed by atoms with Gasteiger partial charge in [-0.2, -0.15) is 0 Å². The SMILES string of the molecule is CCC(C)N1CCC(c2c[nH]c3ccc(NC(=O)c4ccccc4)cc23)CC1. The van der Waals surface area contributed by atoms with Crippen molar-refractivity contribution in [1.82, 2.24) is 9.88 Å². The van der Waals surface area contributed by atoms with Gasteiger partial charge in [-0.3, -0.25) is 4.79 Å². The van der Waals surface area contributed by atoms with Crippen LogP contribution >= 0.6 is 0 Å². The van der Waals surface area contributed by atoms with Crippen molar-refractivity contribution in [3.05, 3.63) is 65.9 Å². The van der Waals surface area contributed by atoms with Crippen LogP contribution in [0.2, 0.25) is 0 Å². The second kappa shape index (κ2) is 8.19. The highest BCUT2D eigenvalue weighted by atomic mass is 16.1. The number of carbonyl (C=O) groups is 1. The molecule has 1 aromatic heterocycles. The first-order chi connectivity index (χ1) is 13.7. The maximum absolute atomic E-state index is 12.5. The smallest absolute Gasteiger partial charge is 0.255 e. The summed E-state index contributed by atoms with van der Waals surface area (Å²) in [5, 5.41) is 4.27. The third-order valence-corrected chi connectivity index (χ3v) is 6.19. The molecule has 1 unspecified atom stereocenters. The number of aromatic amines is 1. The molecule has 0 aliphatic carbocycles. The van der Waals surface area contributed by atoms with Crippen LogP contribution in [0, 0.1) is 0 Å². The normalized spacial score (nSPS) is 16.9. The second-order valence-corrected chi connectivity index (χ2v) is 7.89. The number of nitrogens with zero attached hydrogens (tertiary/aromatic N) is 1. The Balaban J connectivity index is 1.51. The van der Waals surface area contributed by atoms with E-state index in [0.29, 0.717) is 17.5 Å². The third-order valence-electron chi connectivity index (χ3n) is 6.19. The Morgan fingerprint density at radius 1 is 1.18 bits per heavy atom. The maximum atomic E-state index is 12.5. The monoisotopic (exact) mass is 375 g/mol. The van der Waals surface area contributed by atoms with E-state index >= 15 is 0 Å². The first kappa shape index (κ1) is 18.8. The molecule has 0 saturated carbocycles. The van der Waals surface area contributed by atoms with Crippen molar-refractivity contribution in [3.8, 4) is 0 Å². The van der Waals surface area contributed by atoms with Gasteiger partial charge < -0.3 is 15.2 Å². The van der Waals surface area contributed by atoms with Gasteiger partial charge in [0.2, 0.25) is 0 Å². The van der Waals surface area contributed by atoms with E-state index in [1.807, 2.05) is 36.4 Å². The average Bonchev–Trinajstić information content (AvgIpc) is 3.17. The fraction of sp³-hybridized carbons (Fsp3) is 0.375. The number of piperidine rings is 1. The summed E-state index contributed by atoms with van der Waals surface area (Å²) in [5.74, 6) is 0.507. The number of hydrogen-bond donors (Lipinski definition) is 2. The fourth-order valence-electron chi connectivity index (χ4n) is 4.26. The quantitative estimate of drug-likeness (QED) is 0.627. The van der Waals surface area contributed by atoms with Crippen LogP contribution in [0.15, 0.2) is 54.7 Å². The van der Waals surface area contributed by atoms with Gasteiger partial charge in [0.15, 0.2) is 0 Å². The number of benzene rings is 2. The lowest BCUT2D eigenvalue weighted by Crippen LogP contribution is -2.39. The molecule has 4 nitrogen and oxygen atoms in total. The molecule has 1 aliphatic heterocycles. The summed E-state index contributed by atoms with van der Waals surface area (Å²) in [6.07, 6.45) is 5.76. The molecule has 4 rings (SSSR count). The Morgan fingerprint density at radius 2 is 1.93 bits per heavy atom. The van der Waals surface area contributed by atoms with Crippen molar-refractivity contribution >= 4 is 22.5 Å². The first-order valence-electron chi connectivity index (χ1n) is 10.4. The van der Waals surface area contributed by atoms with E-state index < -0.39 is 0 Å². The minimum atomic E-state index is -0.0705. The van der Waals surface area contributed by atoms with Crippen molar-refractivity contribution in [2.45, 2.75) is 45.1 Å². The van der Waals surface area contributed by atoms with E-state index in [2.05, 4.69) is 47.4 Å². The first-order valence-corrected chi connectivity index (χ1v) is 10.4. The number of H-pyrrole nitrogens is 1. The molecule has 2 N–H and O–H groups in total. The topological polar surface area (TPSA) is 48.1 Å². The van der Waals surface area contributed by atoms with E-state index in [1.165, 1.54) is 30.2 Å². The number of anilines is 1. The summed E-state index contributed by atoms with van der Waals surface area (Å²) < 4.78 is 0. The standard InChI is InChI=1S/C24H29N3O/c1-3-17(2)27-13-11-18(12-14-27)22-16-25-23-10-9-20(15-21(22)23)26-24(28)19-7-5-4-6-8-19/h4-10,15-18,25H,3,11-14H2,1-2H3,(H,26,28). The number of amides is 1. The van der Waals surface area contributed by atoms with Gasteiger partial charge in [0.25, 0.3) is 5.91 Å². The molecule has 0 radical (unpaired) electrons. The van der Waals surface area contributed by atoms with Gasteiger partial charge in [0.05, 0.1) is 0 Å². The summed E-state index contributed by atoms with van der Waals surface area (Å²) >= 11 is 0. The molecule has 1 saturated heterocycles. The molecule has 1 aliphatic rings. The number of nitrogens with one attached hydrogen (secondary N) is 2. The highest BCUT2D eigenvalue weighted by Crippen LogP contribution is 2.35. The Hall–Kier alpha value is -2.59. The van der Waals surface area contributed by atoms with Crippen molar-refractivity contribution in [2.24, 2.45) is 0 Å². The van der Waals surface area contributed by atoms with Crippen LogP contribution in [0.1, 0.15) is 54.9 Å². The predicted molar refractivity (Wildman–Crippen MR) is 116 cm³/mol. The molecule has 0 spiro atoms. The Morgan fingerprint density at radius 3 is 2.64 bits per heavy atom. The molecule has 28 heavy (non-hydrogen) atoms. The molecule has 2 aromatic carbocycles. The van der Waals surface area contributed by atoms with Crippen LogP contribution in [0.5, 0.6) is 0 Å². The van der Waals surface area contributed by atoms with Crippen molar-refractivity contribution in [3.63, 3.8) is 0 Å². The van der Waals surface area contributed by atoms with Crippen LogP contribution in [-0.2, 0) is 0 Å². The van der Waals surface area contributed by atoms with Crippen molar-refractivity contribution < 1.29 is 4.79 Å². The van der Waals surface area contributed by atoms with Crippen LogP contribution in [0.25, 0.3) is 10.9 Å². The molecule has 3 aromatic rings. The molecule has 0 bridgehead atoms. The summed E-state index contributed by atoms with van der Waals surface area (Å²) in [6, 6.07) is 16.2. The summed E-state index contributed by atoms with van der Waals surface area (Å²) in [7, 11) is 0. The van der Waals surface area contributed by atoms with Crippen LogP contribution in [0.4, 0.5) is 5.69 Å². The number of likely N-dealkylation sites (tertiary alicyclic amines) is 1. The van der Waals surface area contributed by atoms with E-state index in [4.69, 9.17) is 0 Å². The number of aromatic nitrogens is 1. The zero-order valence-corrected chi connectivity index (χ0v) is 16.7. The lowest BCUT2D eigenvalue weighted by atomic mass is 9.88. The van der Waals surface area contributed by atoms with Crippen molar-refractivity contribution in [2.75, 3.05) is 18.4 Å². The van der Waals surface area contributed by atoms with Gasteiger partial charge in [-0.05, 0) is 81.1 Å². The zero-order valence-electron chi connectivity index (χ0n) is 16.7. The minimum Gasteiger partial charge on any atom is -0.361 e. The molecular formula is C24H29N3O. The molecule has 4 heteroatoms. The number of rotatable bonds is 5. The van der Waals surface area contributed by atoms with Gasteiger partial charge in [-0.15, -0.1) is 0 Å². The van der Waals surface area contributed by atoms with Crippen LogP contribution in [0.3, 0.4) is 0 Å². The minimum absolute atomic E-state index is 0.0705. The predicted octanol–water partition coefficient (Wildman–Crippen LogP) is 5.40. The van der Waals surface area contributed by atoms with Gasteiger partial charge in [-0.1, -0.05) is 25.1 Å². The third kappa shape index (κ3) is 3.83. The molecule has 1 atom stereocenters. The maximum Gasteiger partial charge on any atom is 0.255 e. The number of hydrogen-bond acceptors (Lipinski definition) is 2.